The highest BCUT2D eigenvalue weighted by atomic mass is 32.2. The van der Waals surface area contributed by atoms with Crippen LogP contribution in [0.25, 0.3) is 0 Å². The molecule has 1 heterocycles. The third-order valence-corrected chi connectivity index (χ3v) is 5.47. The van der Waals surface area contributed by atoms with Crippen molar-refractivity contribution in [3.8, 4) is 5.75 Å². The summed E-state index contributed by atoms with van der Waals surface area (Å²) >= 11 is 0. The lowest BCUT2D eigenvalue weighted by Gasteiger charge is -2.27. The van der Waals surface area contributed by atoms with E-state index in [0.717, 1.165) is 24.9 Å². The second-order valence-electron chi connectivity index (χ2n) is 5.02. The van der Waals surface area contributed by atoms with Crippen molar-refractivity contribution >= 4 is 9.84 Å². The molecule has 0 aliphatic carbocycles. The first-order valence-electron chi connectivity index (χ1n) is 6.77. The highest BCUT2D eigenvalue weighted by molar-refractivity contribution is 7.91. The largest absolute Gasteiger partial charge is 0.508 e. The Kier molecular flexibility index (Phi) is 4.47. The van der Waals surface area contributed by atoms with Gasteiger partial charge < -0.3 is 10.4 Å². The van der Waals surface area contributed by atoms with Crippen LogP contribution in [0.2, 0.25) is 0 Å². The van der Waals surface area contributed by atoms with E-state index in [1.165, 1.54) is 5.56 Å². The van der Waals surface area contributed by atoms with Crippen LogP contribution in [0.5, 0.6) is 5.75 Å². The van der Waals surface area contributed by atoms with Crippen LogP contribution >= 0.6 is 0 Å². The Bertz CT molecular complexity index is 540. The molecule has 2 rings (SSSR count). The molecule has 1 aliphatic rings. The zero-order valence-corrected chi connectivity index (χ0v) is 12.0. The van der Waals surface area contributed by atoms with E-state index in [0.29, 0.717) is 6.42 Å². The molecule has 0 radical (unpaired) electrons. The van der Waals surface area contributed by atoms with Crippen molar-refractivity contribution in [2.75, 3.05) is 18.1 Å². The summed E-state index contributed by atoms with van der Waals surface area (Å²) in [5, 5.41) is 13.0. The summed E-state index contributed by atoms with van der Waals surface area (Å²) in [6, 6.07) is 5.62. The average Bonchev–Trinajstić information content (AvgIpc) is 2.39. The van der Waals surface area contributed by atoms with Gasteiger partial charge in [-0.15, -0.1) is 0 Å². The molecule has 2 N–H and O–H groups in total. The van der Waals surface area contributed by atoms with Gasteiger partial charge in [0, 0.05) is 11.8 Å². The maximum Gasteiger partial charge on any atom is 0.150 e. The molecule has 0 aromatic heterocycles. The van der Waals surface area contributed by atoms with Gasteiger partial charge >= 0.3 is 0 Å². The Morgan fingerprint density at radius 2 is 2.21 bits per heavy atom. The molecule has 1 aliphatic heterocycles. The van der Waals surface area contributed by atoms with Crippen LogP contribution < -0.4 is 5.32 Å². The molecule has 4 nitrogen and oxygen atoms in total. The summed E-state index contributed by atoms with van der Waals surface area (Å²) in [7, 11) is -2.88. The second-order valence-corrected chi connectivity index (χ2v) is 7.49. The minimum absolute atomic E-state index is 0.155. The van der Waals surface area contributed by atoms with E-state index >= 15 is 0 Å². The summed E-state index contributed by atoms with van der Waals surface area (Å²) in [6.45, 7) is 2.59. The summed E-state index contributed by atoms with van der Waals surface area (Å²) in [5.41, 5.74) is 2.36. The van der Waals surface area contributed by atoms with Crippen molar-refractivity contribution in [1.29, 1.82) is 0 Å². The topological polar surface area (TPSA) is 66.4 Å². The number of hydrogen-bond acceptors (Lipinski definition) is 4. The standard InChI is InChI=1S/C14H21NO3S/c1-2-19(17,18)9-3-4-14-13-10-12(16)6-5-11(13)7-8-15-14/h5-6,10,14-16H,2-4,7-9H2,1H3. The highest BCUT2D eigenvalue weighted by Gasteiger charge is 2.20. The molecule has 0 saturated heterocycles. The maximum atomic E-state index is 11.5. The third kappa shape index (κ3) is 3.70. The first-order valence-corrected chi connectivity index (χ1v) is 8.59. The quantitative estimate of drug-likeness (QED) is 0.864. The van der Waals surface area contributed by atoms with Gasteiger partial charge in [0.15, 0.2) is 0 Å². The van der Waals surface area contributed by atoms with Crippen LogP contribution in [-0.2, 0) is 16.3 Å². The van der Waals surface area contributed by atoms with Crippen LogP contribution in [-0.4, -0.2) is 31.6 Å². The van der Waals surface area contributed by atoms with Gasteiger partial charge in [0.2, 0.25) is 0 Å². The van der Waals surface area contributed by atoms with Crippen molar-refractivity contribution in [3.05, 3.63) is 29.3 Å². The first kappa shape index (κ1) is 14.3. The van der Waals surface area contributed by atoms with E-state index in [4.69, 9.17) is 0 Å². The molecule has 1 unspecified atom stereocenters. The van der Waals surface area contributed by atoms with Crippen molar-refractivity contribution in [2.45, 2.75) is 32.2 Å². The minimum atomic E-state index is -2.88. The number of sulfone groups is 1. The predicted molar refractivity (Wildman–Crippen MR) is 76.1 cm³/mol. The van der Waals surface area contributed by atoms with Gasteiger partial charge in [-0.25, -0.2) is 8.42 Å². The summed E-state index contributed by atoms with van der Waals surface area (Å²) in [6.07, 6.45) is 2.40. The van der Waals surface area contributed by atoms with Crippen molar-refractivity contribution in [2.24, 2.45) is 0 Å². The number of aromatic hydroxyl groups is 1. The summed E-state index contributed by atoms with van der Waals surface area (Å²) < 4.78 is 23.0. The van der Waals surface area contributed by atoms with Crippen LogP contribution in [0.1, 0.15) is 36.9 Å². The van der Waals surface area contributed by atoms with Crippen LogP contribution in [0.4, 0.5) is 0 Å². The fourth-order valence-electron chi connectivity index (χ4n) is 2.53. The van der Waals surface area contributed by atoms with E-state index < -0.39 is 9.84 Å². The van der Waals surface area contributed by atoms with Gasteiger partial charge in [-0.3, -0.25) is 0 Å². The summed E-state index contributed by atoms with van der Waals surface area (Å²) in [4.78, 5) is 0. The zero-order chi connectivity index (χ0) is 13.9. The van der Waals surface area contributed by atoms with Crippen LogP contribution in [0, 0.1) is 0 Å². The van der Waals surface area contributed by atoms with E-state index in [-0.39, 0.29) is 23.3 Å². The number of hydrogen-bond donors (Lipinski definition) is 2. The van der Waals surface area contributed by atoms with Gasteiger partial charge in [-0.1, -0.05) is 13.0 Å². The molecule has 1 aromatic carbocycles. The molecule has 0 saturated carbocycles. The Morgan fingerprint density at radius 3 is 2.95 bits per heavy atom. The summed E-state index contributed by atoms with van der Waals surface area (Å²) in [5.74, 6) is 0.729. The van der Waals surface area contributed by atoms with Gasteiger partial charge in [0.1, 0.15) is 15.6 Å². The third-order valence-electron chi connectivity index (χ3n) is 3.68. The van der Waals surface area contributed by atoms with Crippen LogP contribution in [0.3, 0.4) is 0 Å². The smallest absolute Gasteiger partial charge is 0.150 e. The molecular weight excluding hydrogens is 262 g/mol. The molecule has 0 fully saturated rings. The normalized spacial score (nSPS) is 19.1. The van der Waals surface area contributed by atoms with Crippen LogP contribution in [0.15, 0.2) is 18.2 Å². The van der Waals surface area contributed by atoms with Crippen molar-refractivity contribution in [1.82, 2.24) is 5.32 Å². The Labute approximate surface area is 114 Å². The molecule has 5 heteroatoms. The number of nitrogens with one attached hydrogen (secondary N) is 1. The van der Waals surface area contributed by atoms with E-state index in [9.17, 15) is 13.5 Å². The Hall–Kier alpha value is -1.07. The highest BCUT2D eigenvalue weighted by Crippen LogP contribution is 2.29. The molecular formula is C14H21NO3S. The Balaban J connectivity index is 2.02. The minimum Gasteiger partial charge on any atom is -0.508 e. The predicted octanol–water partition coefficient (Wildman–Crippen LogP) is 1.79. The molecule has 1 atom stereocenters. The van der Waals surface area contributed by atoms with Gasteiger partial charge in [0.05, 0.1) is 5.75 Å². The molecule has 0 bridgehead atoms. The van der Waals surface area contributed by atoms with Crippen molar-refractivity contribution in [3.63, 3.8) is 0 Å². The maximum absolute atomic E-state index is 11.5. The number of phenols is 1. The monoisotopic (exact) mass is 283 g/mol. The lowest BCUT2D eigenvalue weighted by Crippen LogP contribution is -2.30. The lowest BCUT2D eigenvalue weighted by molar-refractivity contribution is 0.452. The van der Waals surface area contributed by atoms with Crippen molar-refractivity contribution < 1.29 is 13.5 Å². The first-order chi connectivity index (χ1) is 9.02. The number of benzene rings is 1. The zero-order valence-electron chi connectivity index (χ0n) is 11.2. The second kappa shape index (κ2) is 5.92. The van der Waals surface area contributed by atoms with Gasteiger partial charge in [-0.2, -0.15) is 0 Å². The van der Waals surface area contributed by atoms with Gasteiger partial charge in [-0.05, 0) is 49.1 Å². The molecule has 0 spiro atoms. The fourth-order valence-corrected chi connectivity index (χ4v) is 3.43. The number of rotatable bonds is 5. The fraction of sp³-hybridized carbons (Fsp3) is 0.571. The Morgan fingerprint density at radius 1 is 1.42 bits per heavy atom. The molecule has 19 heavy (non-hydrogen) atoms. The number of phenolic OH excluding ortho intramolecular Hbond substituents is 1. The lowest BCUT2D eigenvalue weighted by atomic mass is 9.91. The number of fused-ring (bicyclic) bond motifs is 1. The van der Waals surface area contributed by atoms with E-state index in [1.54, 1.807) is 19.1 Å². The molecule has 106 valence electrons. The average molecular weight is 283 g/mol. The van der Waals surface area contributed by atoms with E-state index in [2.05, 4.69) is 5.32 Å². The van der Waals surface area contributed by atoms with E-state index in [1.807, 2.05) is 6.07 Å². The molecule has 1 aromatic rings. The molecule has 0 amide bonds. The van der Waals surface area contributed by atoms with Gasteiger partial charge in [0.25, 0.3) is 0 Å². The SMILES string of the molecule is CCS(=O)(=O)CCCC1NCCc2ccc(O)cc21.